The van der Waals surface area contributed by atoms with Gasteiger partial charge in [0.2, 0.25) is 0 Å². The standard InChI is InChI=1S/C15H22N4O/c1-5-13-17-14(6-2)19(18-13)11-8-7-9-12(20-4)15(11)10(3)16/h7-10H,5-6,16H2,1-4H3/t10-/m0/s1. The van der Waals surface area contributed by atoms with Crippen LogP contribution in [0.5, 0.6) is 5.75 Å². The largest absolute Gasteiger partial charge is 0.496 e. The van der Waals surface area contributed by atoms with Crippen LogP contribution in [0.15, 0.2) is 18.2 Å². The van der Waals surface area contributed by atoms with Crippen LogP contribution in [0.2, 0.25) is 0 Å². The molecule has 1 heterocycles. The molecule has 1 aromatic carbocycles. The van der Waals surface area contributed by atoms with Gasteiger partial charge >= 0.3 is 0 Å². The van der Waals surface area contributed by atoms with Crippen LogP contribution in [-0.2, 0) is 12.8 Å². The molecule has 0 aliphatic heterocycles. The van der Waals surface area contributed by atoms with E-state index in [0.29, 0.717) is 0 Å². The average Bonchev–Trinajstić information content (AvgIpc) is 2.89. The first-order valence-corrected chi connectivity index (χ1v) is 7.00. The Morgan fingerprint density at radius 2 is 2.05 bits per heavy atom. The van der Waals surface area contributed by atoms with E-state index in [1.165, 1.54) is 0 Å². The molecule has 108 valence electrons. The molecule has 5 nitrogen and oxygen atoms in total. The summed E-state index contributed by atoms with van der Waals surface area (Å²) in [5.74, 6) is 2.57. The highest BCUT2D eigenvalue weighted by molar-refractivity contribution is 5.51. The lowest BCUT2D eigenvalue weighted by Crippen LogP contribution is -2.13. The van der Waals surface area contributed by atoms with Crippen molar-refractivity contribution < 1.29 is 4.74 Å². The molecule has 0 aliphatic carbocycles. The third kappa shape index (κ3) is 2.54. The van der Waals surface area contributed by atoms with Crippen LogP contribution in [0.1, 0.15) is 44.0 Å². The van der Waals surface area contributed by atoms with Gasteiger partial charge in [0.1, 0.15) is 11.6 Å². The first-order chi connectivity index (χ1) is 9.62. The Morgan fingerprint density at radius 1 is 1.30 bits per heavy atom. The summed E-state index contributed by atoms with van der Waals surface area (Å²) in [6.07, 6.45) is 1.64. The highest BCUT2D eigenvalue weighted by Crippen LogP contribution is 2.30. The molecule has 0 spiro atoms. The fourth-order valence-electron chi connectivity index (χ4n) is 2.32. The number of hydrogen-bond acceptors (Lipinski definition) is 4. The van der Waals surface area contributed by atoms with Crippen LogP contribution in [0, 0.1) is 0 Å². The fraction of sp³-hybridized carbons (Fsp3) is 0.467. The van der Waals surface area contributed by atoms with E-state index in [2.05, 4.69) is 23.9 Å². The first-order valence-electron chi connectivity index (χ1n) is 7.00. The molecule has 2 N–H and O–H groups in total. The van der Waals surface area contributed by atoms with Gasteiger partial charge in [-0.3, -0.25) is 0 Å². The van der Waals surface area contributed by atoms with Crippen molar-refractivity contribution in [2.75, 3.05) is 7.11 Å². The minimum Gasteiger partial charge on any atom is -0.496 e. The number of ether oxygens (including phenoxy) is 1. The van der Waals surface area contributed by atoms with Crippen molar-refractivity contribution in [2.45, 2.75) is 39.7 Å². The summed E-state index contributed by atoms with van der Waals surface area (Å²) in [5, 5.41) is 4.58. The highest BCUT2D eigenvalue weighted by atomic mass is 16.5. The second-order valence-corrected chi connectivity index (χ2v) is 4.74. The van der Waals surface area contributed by atoms with Crippen molar-refractivity contribution in [1.82, 2.24) is 14.8 Å². The lowest BCUT2D eigenvalue weighted by atomic mass is 10.1. The molecule has 1 aromatic heterocycles. The second kappa shape index (κ2) is 6.05. The Labute approximate surface area is 119 Å². The van der Waals surface area contributed by atoms with Crippen molar-refractivity contribution in [1.29, 1.82) is 0 Å². The van der Waals surface area contributed by atoms with Gasteiger partial charge < -0.3 is 10.5 Å². The SMILES string of the molecule is CCc1nc(CC)n(-c2cccc(OC)c2[C@H](C)N)n1. The lowest BCUT2D eigenvalue weighted by molar-refractivity contribution is 0.406. The van der Waals surface area contributed by atoms with Crippen molar-refractivity contribution in [3.63, 3.8) is 0 Å². The van der Waals surface area contributed by atoms with Crippen molar-refractivity contribution in [3.05, 3.63) is 35.4 Å². The quantitative estimate of drug-likeness (QED) is 0.909. The molecule has 0 fully saturated rings. The van der Waals surface area contributed by atoms with Crippen LogP contribution >= 0.6 is 0 Å². The van der Waals surface area contributed by atoms with E-state index in [0.717, 1.165) is 41.5 Å². The van der Waals surface area contributed by atoms with Gasteiger partial charge in [-0.05, 0) is 19.1 Å². The lowest BCUT2D eigenvalue weighted by Gasteiger charge is -2.17. The minimum absolute atomic E-state index is 0.139. The van der Waals surface area contributed by atoms with Gasteiger partial charge in [-0.15, -0.1) is 0 Å². The predicted molar refractivity (Wildman–Crippen MR) is 79.3 cm³/mol. The monoisotopic (exact) mass is 274 g/mol. The molecular weight excluding hydrogens is 252 g/mol. The summed E-state index contributed by atoms with van der Waals surface area (Å²) < 4.78 is 7.32. The van der Waals surface area contributed by atoms with Gasteiger partial charge in [-0.1, -0.05) is 19.9 Å². The third-order valence-corrected chi connectivity index (χ3v) is 3.30. The number of hydrogen-bond donors (Lipinski definition) is 1. The molecular formula is C15H22N4O. The average molecular weight is 274 g/mol. The maximum absolute atomic E-state index is 6.12. The number of nitrogens with zero attached hydrogens (tertiary/aromatic N) is 3. The van der Waals surface area contributed by atoms with Crippen LogP contribution in [-0.4, -0.2) is 21.9 Å². The molecule has 0 aliphatic rings. The van der Waals surface area contributed by atoms with Gasteiger partial charge in [0.15, 0.2) is 5.82 Å². The number of rotatable bonds is 5. The Hall–Kier alpha value is -1.88. The summed E-state index contributed by atoms with van der Waals surface area (Å²) in [7, 11) is 1.66. The predicted octanol–water partition coefficient (Wildman–Crippen LogP) is 2.42. The Kier molecular flexibility index (Phi) is 4.39. The van der Waals surface area contributed by atoms with Crippen LogP contribution in [0.3, 0.4) is 0 Å². The van der Waals surface area contributed by atoms with Crippen molar-refractivity contribution in [2.24, 2.45) is 5.73 Å². The summed E-state index contributed by atoms with van der Waals surface area (Å²) in [6, 6.07) is 5.74. The number of nitrogens with two attached hydrogens (primary N) is 1. The molecule has 0 saturated heterocycles. The van der Waals surface area contributed by atoms with E-state index < -0.39 is 0 Å². The Bertz CT molecular complexity index is 590. The van der Waals surface area contributed by atoms with E-state index in [4.69, 9.17) is 10.5 Å². The number of benzene rings is 1. The zero-order valence-corrected chi connectivity index (χ0v) is 12.6. The molecule has 1 atom stereocenters. The maximum atomic E-state index is 6.12. The molecule has 0 amide bonds. The molecule has 2 aromatic rings. The molecule has 0 saturated carbocycles. The first kappa shape index (κ1) is 14.5. The van der Waals surface area contributed by atoms with Gasteiger partial charge in [0.05, 0.1) is 12.8 Å². The Morgan fingerprint density at radius 3 is 2.60 bits per heavy atom. The zero-order valence-electron chi connectivity index (χ0n) is 12.6. The van der Waals surface area contributed by atoms with Crippen LogP contribution < -0.4 is 10.5 Å². The Balaban J connectivity index is 2.65. The van der Waals surface area contributed by atoms with Crippen molar-refractivity contribution in [3.8, 4) is 11.4 Å². The summed E-state index contributed by atoms with van der Waals surface area (Å²) in [6.45, 7) is 6.08. The van der Waals surface area contributed by atoms with Gasteiger partial charge in [-0.25, -0.2) is 9.67 Å². The third-order valence-electron chi connectivity index (χ3n) is 3.30. The van der Waals surface area contributed by atoms with E-state index in [1.807, 2.05) is 29.8 Å². The smallest absolute Gasteiger partial charge is 0.151 e. The topological polar surface area (TPSA) is 66.0 Å². The molecule has 0 radical (unpaired) electrons. The van der Waals surface area contributed by atoms with Crippen LogP contribution in [0.4, 0.5) is 0 Å². The second-order valence-electron chi connectivity index (χ2n) is 4.74. The zero-order chi connectivity index (χ0) is 14.7. The van der Waals surface area contributed by atoms with E-state index in [9.17, 15) is 0 Å². The number of aromatic nitrogens is 3. The minimum atomic E-state index is -0.139. The fourth-order valence-corrected chi connectivity index (χ4v) is 2.32. The molecule has 5 heteroatoms. The summed E-state index contributed by atoms with van der Waals surface area (Å²) in [5.41, 5.74) is 8.02. The van der Waals surface area contributed by atoms with Gasteiger partial charge in [0, 0.05) is 24.4 Å². The highest BCUT2D eigenvalue weighted by Gasteiger charge is 2.18. The van der Waals surface area contributed by atoms with Crippen LogP contribution in [0.25, 0.3) is 5.69 Å². The molecule has 20 heavy (non-hydrogen) atoms. The van der Waals surface area contributed by atoms with Gasteiger partial charge in [-0.2, -0.15) is 5.10 Å². The maximum Gasteiger partial charge on any atom is 0.151 e. The molecule has 2 rings (SSSR count). The van der Waals surface area contributed by atoms with Crippen molar-refractivity contribution >= 4 is 0 Å². The van der Waals surface area contributed by atoms with E-state index in [-0.39, 0.29) is 6.04 Å². The number of aryl methyl sites for hydroxylation is 2. The van der Waals surface area contributed by atoms with E-state index >= 15 is 0 Å². The van der Waals surface area contributed by atoms with E-state index in [1.54, 1.807) is 7.11 Å². The van der Waals surface area contributed by atoms with Gasteiger partial charge in [0.25, 0.3) is 0 Å². The molecule has 0 unspecified atom stereocenters. The molecule has 0 bridgehead atoms. The number of methoxy groups -OCH3 is 1. The summed E-state index contributed by atoms with van der Waals surface area (Å²) in [4.78, 5) is 4.55. The summed E-state index contributed by atoms with van der Waals surface area (Å²) >= 11 is 0. The normalized spacial score (nSPS) is 12.4.